The molecular formula is C30H29N3O5. The Balaban J connectivity index is 1.39. The van der Waals surface area contributed by atoms with Crippen molar-refractivity contribution >= 4 is 17.7 Å². The van der Waals surface area contributed by atoms with Crippen molar-refractivity contribution in [1.29, 1.82) is 0 Å². The van der Waals surface area contributed by atoms with Crippen LogP contribution < -0.4 is 5.32 Å². The molecule has 0 saturated carbocycles. The first-order chi connectivity index (χ1) is 18.5. The van der Waals surface area contributed by atoms with Crippen LogP contribution in [-0.2, 0) is 27.3 Å². The molecule has 0 bridgehead atoms. The first-order valence-electron chi connectivity index (χ1n) is 12.3. The number of carboxylic acids is 1. The third-order valence-electron chi connectivity index (χ3n) is 5.92. The van der Waals surface area contributed by atoms with Crippen LogP contribution in [0.5, 0.6) is 0 Å². The molecule has 8 nitrogen and oxygen atoms in total. The number of nitrogens with zero attached hydrogens (tertiary/aromatic N) is 2. The third kappa shape index (κ3) is 7.72. The second-order valence-electron chi connectivity index (χ2n) is 8.79. The van der Waals surface area contributed by atoms with E-state index in [1.54, 1.807) is 6.92 Å². The maximum absolute atomic E-state index is 12.5. The summed E-state index contributed by atoms with van der Waals surface area (Å²) >= 11 is 0. The van der Waals surface area contributed by atoms with Gasteiger partial charge in [-0.1, -0.05) is 84.9 Å². The van der Waals surface area contributed by atoms with Gasteiger partial charge in [-0.2, -0.15) is 0 Å². The van der Waals surface area contributed by atoms with E-state index in [2.05, 4.69) is 15.3 Å². The Morgan fingerprint density at radius 3 is 2.29 bits per heavy atom. The third-order valence-corrected chi connectivity index (χ3v) is 5.92. The normalized spacial score (nSPS) is 12.3. The van der Waals surface area contributed by atoms with Crippen LogP contribution in [0, 0.1) is 0 Å². The molecule has 0 radical (unpaired) electrons. The van der Waals surface area contributed by atoms with E-state index in [1.807, 2.05) is 84.9 Å². The molecule has 2 unspecified atom stereocenters. The van der Waals surface area contributed by atoms with E-state index < -0.39 is 24.3 Å². The molecule has 1 amide bonds. The van der Waals surface area contributed by atoms with Crippen molar-refractivity contribution in [2.24, 2.45) is 0 Å². The summed E-state index contributed by atoms with van der Waals surface area (Å²) in [4.78, 5) is 32.2. The zero-order valence-electron chi connectivity index (χ0n) is 21.0. The molecule has 38 heavy (non-hydrogen) atoms. The summed E-state index contributed by atoms with van der Waals surface area (Å²) in [5.41, 5.74) is 4.54. The smallest absolute Gasteiger partial charge is 0.412 e. The van der Waals surface area contributed by atoms with Crippen molar-refractivity contribution < 1.29 is 24.2 Å². The van der Waals surface area contributed by atoms with Gasteiger partial charge in [0.1, 0.15) is 12.4 Å². The number of rotatable bonds is 11. The van der Waals surface area contributed by atoms with E-state index in [9.17, 15) is 14.7 Å². The zero-order valence-corrected chi connectivity index (χ0v) is 21.0. The summed E-state index contributed by atoms with van der Waals surface area (Å²) in [5, 5.41) is 12.0. The number of ether oxygens (including phenoxy) is 2. The van der Waals surface area contributed by atoms with Crippen LogP contribution in [0.25, 0.3) is 11.3 Å². The monoisotopic (exact) mass is 511 g/mol. The first kappa shape index (κ1) is 26.5. The van der Waals surface area contributed by atoms with Crippen molar-refractivity contribution in [2.75, 3.05) is 5.32 Å². The number of aliphatic carboxylic acids is 1. The number of hydrogen-bond acceptors (Lipinski definition) is 6. The van der Waals surface area contributed by atoms with Crippen molar-refractivity contribution in [2.45, 2.75) is 38.6 Å². The Morgan fingerprint density at radius 1 is 0.921 bits per heavy atom. The van der Waals surface area contributed by atoms with Crippen molar-refractivity contribution in [3.05, 3.63) is 114 Å². The molecule has 4 rings (SSSR count). The van der Waals surface area contributed by atoms with E-state index in [-0.39, 0.29) is 13.0 Å². The zero-order chi connectivity index (χ0) is 26.7. The highest BCUT2D eigenvalue weighted by Gasteiger charge is 2.17. The molecule has 0 aliphatic carbocycles. The van der Waals surface area contributed by atoms with E-state index in [0.29, 0.717) is 17.8 Å². The number of hydrogen-bond donors (Lipinski definition) is 2. The Labute approximate surface area is 221 Å². The van der Waals surface area contributed by atoms with Gasteiger partial charge in [0.15, 0.2) is 0 Å². The van der Waals surface area contributed by atoms with Gasteiger partial charge >= 0.3 is 12.1 Å². The minimum absolute atomic E-state index is 0.0814. The van der Waals surface area contributed by atoms with Crippen LogP contribution in [0.15, 0.2) is 97.5 Å². The van der Waals surface area contributed by atoms with Gasteiger partial charge in [-0.25, -0.2) is 14.8 Å². The summed E-state index contributed by atoms with van der Waals surface area (Å²) in [6.07, 6.45) is 1.89. The van der Waals surface area contributed by atoms with Gasteiger partial charge in [0.25, 0.3) is 0 Å². The van der Waals surface area contributed by atoms with Crippen LogP contribution in [0.4, 0.5) is 10.5 Å². The van der Waals surface area contributed by atoms with Gasteiger partial charge in [-0.15, -0.1) is 0 Å². The summed E-state index contributed by atoms with van der Waals surface area (Å²) in [6.45, 7) is 2.07. The van der Waals surface area contributed by atoms with Crippen LogP contribution in [0.2, 0.25) is 0 Å². The summed E-state index contributed by atoms with van der Waals surface area (Å²) in [5.74, 6) is -0.901. The summed E-state index contributed by atoms with van der Waals surface area (Å²) in [6, 6.07) is 26.7. The molecule has 2 N–H and O–H groups in total. The summed E-state index contributed by atoms with van der Waals surface area (Å²) < 4.78 is 11.5. The minimum Gasteiger partial charge on any atom is -0.481 e. The maximum Gasteiger partial charge on any atom is 0.412 e. The van der Waals surface area contributed by atoms with Gasteiger partial charge < -0.3 is 14.6 Å². The number of anilines is 1. The number of carboxylic acid groups (broad SMARTS) is 1. The number of nitrogens with one attached hydrogen (secondary N) is 1. The Bertz CT molecular complexity index is 1330. The topological polar surface area (TPSA) is 111 Å². The van der Waals surface area contributed by atoms with Crippen molar-refractivity contribution in [1.82, 2.24) is 9.97 Å². The van der Waals surface area contributed by atoms with Crippen molar-refractivity contribution in [3.8, 4) is 11.3 Å². The van der Waals surface area contributed by atoms with Gasteiger partial charge in [-0.3, -0.25) is 10.1 Å². The highest BCUT2D eigenvalue weighted by Crippen LogP contribution is 2.26. The molecule has 0 spiro atoms. The molecule has 0 aliphatic heterocycles. The second kappa shape index (κ2) is 13.1. The number of amides is 1. The molecule has 1 aromatic heterocycles. The molecule has 0 fully saturated rings. The molecule has 3 aromatic carbocycles. The molecule has 0 aliphatic rings. The SMILES string of the molecule is CC(OC(=O)Nc1cncnc1-c1ccc(COC(CC(=O)O)Cc2ccccc2)cc1)c1ccccc1. The number of benzene rings is 3. The van der Waals surface area contributed by atoms with Crippen molar-refractivity contribution in [3.63, 3.8) is 0 Å². The second-order valence-corrected chi connectivity index (χ2v) is 8.79. The Hall–Kier alpha value is -4.56. The van der Waals surface area contributed by atoms with Crippen LogP contribution >= 0.6 is 0 Å². The van der Waals surface area contributed by atoms with Crippen LogP contribution in [-0.4, -0.2) is 33.2 Å². The minimum atomic E-state index is -0.901. The fourth-order valence-electron chi connectivity index (χ4n) is 3.98. The van der Waals surface area contributed by atoms with E-state index >= 15 is 0 Å². The largest absolute Gasteiger partial charge is 0.481 e. The Morgan fingerprint density at radius 2 is 1.61 bits per heavy atom. The van der Waals surface area contributed by atoms with E-state index in [1.165, 1.54) is 12.5 Å². The van der Waals surface area contributed by atoms with E-state index in [0.717, 1.165) is 22.3 Å². The lowest BCUT2D eigenvalue weighted by Gasteiger charge is -2.17. The molecule has 194 valence electrons. The molecule has 1 heterocycles. The highest BCUT2D eigenvalue weighted by atomic mass is 16.6. The predicted octanol–water partition coefficient (Wildman–Crippen LogP) is 6.06. The first-order valence-corrected chi connectivity index (χ1v) is 12.3. The summed E-state index contributed by atoms with van der Waals surface area (Å²) in [7, 11) is 0. The lowest BCUT2D eigenvalue weighted by molar-refractivity contribution is -0.140. The fourth-order valence-corrected chi connectivity index (χ4v) is 3.98. The van der Waals surface area contributed by atoms with Crippen LogP contribution in [0.3, 0.4) is 0 Å². The van der Waals surface area contributed by atoms with Gasteiger partial charge in [-0.05, 0) is 30.0 Å². The highest BCUT2D eigenvalue weighted by molar-refractivity contribution is 5.89. The van der Waals surface area contributed by atoms with Gasteiger partial charge in [0, 0.05) is 5.56 Å². The molecular weight excluding hydrogens is 482 g/mol. The number of aromatic nitrogens is 2. The lowest BCUT2D eigenvalue weighted by Crippen LogP contribution is -2.20. The fraction of sp³-hybridized carbons (Fsp3) is 0.200. The molecule has 2 atom stereocenters. The number of carbonyl (C=O) groups excluding carboxylic acids is 1. The average Bonchev–Trinajstić information content (AvgIpc) is 2.93. The standard InChI is InChI=1S/C30H29N3O5/c1-21(24-10-6-3-7-11-24)38-30(36)33-27-18-31-20-32-29(27)25-14-12-23(13-15-25)19-37-26(17-28(34)35)16-22-8-4-2-5-9-22/h2-15,18,20-21,26H,16-17,19H2,1H3,(H,33,36)(H,34,35). The molecule has 8 heteroatoms. The molecule has 4 aromatic rings. The number of carbonyl (C=O) groups is 2. The van der Waals surface area contributed by atoms with Gasteiger partial charge in [0.2, 0.25) is 0 Å². The quantitative estimate of drug-likeness (QED) is 0.252. The Kier molecular flexibility index (Phi) is 9.15. The lowest BCUT2D eigenvalue weighted by atomic mass is 10.1. The van der Waals surface area contributed by atoms with Gasteiger partial charge in [0.05, 0.1) is 36.7 Å². The predicted molar refractivity (Wildman–Crippen MR) is 143 cm³/mol. The molecule has 0 saturated heterocycles. The average molecular weight is 512 g/mol. The van der Waals surface area contributed by atoms with Crippen LogP contribution in [0.1, 0.15) is 36.1 Å². The van der Waals surface area contributed by atoms with E-state index in [4.69, 9.17) is 9.47 Å². The maximum atomic E-state index is 12.5.